The molecular weight excluding hydrogens is 259 g/mol. The van der Waals surface area contributed by atoms with Gasteiger partial charge in [0.2, 0.25) is 0 Å². The highest BCUT2D eigenvalue weighted by Gasteiger charge is 2.20. The minimum atomic E-state index is -0.783. The van der Waals surface area contributed by atoms with Crippen molar-refractivity contribution in [3.8, 4) is 0 Å². The molecule has 1 aromatic carbocycles. The summed E-state index contributed by atoms with van der Waals surface area (Å²) in [7, 11) is 0. The van der Waals surface area contributed by atoms with E-state index < -0.39 is 11.9 Å². The van der Waals surface area contributed by atoms with Crippen LogP contribution >= 0.6 is 23.2 Å². The lowest BCUT2D eigenvalue weighted by molar-refractivity contribution is -0.142. The van der Waals surface area contributed by atoms with E-state index in [2.05, 4.69) is 0 Å². The highest BCUT2D eigenvalue weighted by atomic mass is 35.5. The quantitative estimate of drug-likeness (QED) is 0.870. The predicted octanol–water partition coefficient (Wildman–Crippen LogP) is 4.28. The molecule has 1 aromatic rings. The Hall–Kier alpha value is -0.730. The smallest absolute Gasteiger partial charge is 0.306 e. The van der Waals surface area contributed by atoms with Crippen LogP contribution in [0.5, 0.6) is 0 Å². The summed E-state index contributed by atoms with van der Waals surface area (Å²) in [6.45, 7) is 4.02. The van der Waals surface area contributed by atoms with Crippen LogP contribution in [0.25, 0.3) is 0 Å². The second-order valence-corrected chi connectivity index (χ2v) is 5.37. The molecule has 0 aromatic heterocycles. The highest BCUT2D eigenvalue weighted by molar-refractivity contribution is 6.42. The molecule has 4 heteroatoms. The van der Waals surface area contributed by atoms with E-state index in [0.717, 1.165) is 5.56 Å². The number of aliphatic carboxylic acids is 1. The van der Waals surface area contributed by atoms with Gasteiger partial charge in [-0.2, -0.15) is 0 Å². The Bertz CT molecular complexity index is 402. The van der Waals surface area contributed by atoms with E-state index in [0.29, 0.717) is 28.8 Å². The minimum Gasteiger partial charge on any atom is -0.481 e. The summed E-state index contributed by atoms with van der Waals surface area (Å²) in [5.41, 5.74) is 0.798. The van der Waals surface area contributed by atoms with Crippen LogP contribution in [0.1, 0.15) is 25.8 Å². The Balaban J connectivity index is 2.86. The average Bonchev–Trinajstić information content (AvgIpc) is 2.22. The number of hydrogen-bond acceptors (Lipinski definition) is 1. The monoisotopic (exact) mass is 274 g/mol. The molecule has 0 bridgehead atoms. The topological polar surface area (TPSA) is 37.3 Å². The standard InChI is InChI=1S/C13H16Cl2O2/c1-8(2)6-10(13(16)17)7-9-4-3-5-11(14)12(9)15/h3-5,8,10H,6-7H2,1-2H3,(H,16,17). The third-order valence-electron chi connectivity index (χ3n) is 2.60. The molecule has 1 unspecified atom stereocenters. The number of benzene rings is 1. The summed E-state index contributed by atoms with van der Waals surface area (Å²) in [5, 5.41) is 10.1. The molecule has 0 amide bonds. The first-order chi connectivity index (χ1) is 7.91. The second kappa shape index (κ2) is 6.27. The van der Waals surface area contributed by atoms with Gasteiger partial charge in [-0.25, -0.2) is 0 Å². The van der Waals surface area contributed by atoms with Crippen LogP contribution in [0.15, 0.2) is 18.2 Å². The molecule has 0 saturated heterocycles. The average molecular weight is 275 g/mol. The maximum Gasteiger partial charge on any atom is 0.306 e. The van der Waals surface area contributed by atoms with Crippen LogP contribution < -0.4 is 0 Å². The van der Waals surface area contributed by atoms with Gasteiger partial charge < -0.3 is 5.11 Å². The zero-order valence-electron chi connectivity index (χ0n) is 9.91. The number of rotatable bonds is 5. The van der Waals surface area contributed by atoms with Gasteiger partial charge in [-0.1, -0.05) is 49.2 Å². The molecule has 1 N–H and O–H groups in total. The number of halogens is 2. The Kier molecular flexibility index (Phi) is 5.29. The van der Waals surface area contributed by atoms with E-state index in [1.54, 1.807) is 12.1 Å². The van der Waals surface area contributed by atoms with Gasteiger partial charge in [0.15, 0.2) is 0 Å². The van der Waals surface area contributed by atoms with Crippen LogP contribution in [0, 0.1) is 11.8 Å². The predicted molar refractivity (Wildman–Crippen MR) is 70.7 cm³/mol. The van der Waals surface area contributed by atoms with Crippen molar-refractivity contribution < 1.29 is 9.90 Å². The van der Waals surface area contributed by atoms with Gasteiger partial charge in [0.25, 0.3) is 0 Å². The zero-order chi connectivity index (χ0) is 13.0. The normalized spacial score (nSPS) is 12.8. The largest absolute Gasteiger partial charge is 0.481 e. The SMILES string of the molecule is CC(C)CC(Cc1cccc(Cl)c1Cl)C(=O)O. The van der Waals surface area contributed by atoms with E-state index in [9.17, 15) is 4.79 Å². The Morgan fingerprint density at radius 1 is 1.35 bits per heavy atom. The second-order valence-electron chi connectivity index (χ2n) is 4.58. The lowest BCUT2D eigenvalue weighted by atomic mass is 9.91. The van der Waals surface area contributed by atoms with Gasteiger partial charge in [0.1, 0.15) is 0 Å². The van der Waals surface area contributed by atoms with Gasteiger partial charge in [0.05, 0.1) is 16.0 Å². The zero-order valence-corrected chi connectivity index (χ0v) is 11.4. The first kappa shape index (κ1) is 14.3. The summed E-state index contributed by atoms with van der Waals surface area (Å²) in [4.78, 5) is 11.2. The van der Waals surface area contributed by atoms with Crippen LogP contribution in [-0.4, -0.2) is 11.1 Å². The maximum atomic E-state index is 11.2. The minimum absolute atomic E-state index is 0.342. The van der Waals surface area contributed by atoms with Crippen molar-refractivity contribution >= 4 is 29.2 Å². The molecule has 0 saturated carbocycles. The van der Waals surface area contributed by atoms with E-state index in [1.807, 2.05) is 19.9 Å². The molecule has 0 aliphatic carbocycles. The van der Waals surface area contributed by atoms with Crippen molar-refractivity contribution in [3.05, 3.63) is 33.8 Å². The first-order valence-corrected chi connectivity index (χ1v) is 6.33. The summed E-state index contributed by atoms with van der Waals surface area (Å²) >= 11 is 12.0. The molecule has 0 aliphatic heterocycles. The summed E-state index contributed by atoms with van der Waals surface area (Å²) in [6, 6.07) is 5.31. The van der Waals surface area contributed by atoms with Crippen LogP contribution in [0.3, 0.4) is 0 Å². The van der Waals surface area contributed by atoms with Gasteiger partial charge >= 0.3 is 5.97 Å². The molecule has 1 atom stereocenters. The van der Waals surface area contributed by atoms with Crippen molar-refractivity contribution in [3.63, 3.8) is 0 Å². The van der Waals surface area contributed by atoms with Crippen LogP contribution in [0.4, 0.5) is 0 Å². The fourth-order valence-corrected chi connectivity index (χ4v) is 2.21. The highest BCUT2D eigenvalue weighted by Crippen LogP contribution is 2.28. The molecular formula is C13H16Cl2O2. The molecule has 0 aliphatic rings. The van der Waals surface area contributed by atoms with Crippen molar-refractivity contribution in [2.75, 3.05) is 0 Å². The summed E-state index contributed by atoms with van der Waals surface area (Å²) in [6.07, 6.45) is 1.06. The Morgan fingerprint density at radius 3 is 2.53 bits per heavy atom. The molecule has 0 fully saturated rings. The van der Waals surface area contributed by atoms with Crippen LogP contribution in [0.2, 0.25) is 10.0 Å². The molecule has 0 radical (unpaired) electrons. The molecule has 94 valence electrons. The summed E-state index contributed by atoms with van der Waals surface area (Å²) in [5.74, 6) is -0.852. The Labute approximate surface area is 112 Å². The van der Waals surface area contributed by atoms with Crippen molar-refractivity contribution in [2.45, 2.75) is 26.7 Å². The van der Waals surface area contributed by atoms with E-state index in [1.165, 1.54) is 0 Å². The van der Waals surface area contributed by atoms with Gasteiger partial charge in [0, 0.05) is 0 Å². The Morgan fingerprint density at radius 2 is 2.00 bits per heavy atom. The lowest BCUT2D eigenvalue weighted by Crippen LogP contribution is -2.18. The number of carboxylic acid groups (broad SMARTS) is 1. The summed E-state index contributed by atoms with van der Waals surface area (Å²) < 4.78 is 0. The molecule has 0 heterocycles. The van der Waals surface area contributed by atoms with Crippen molar-refractivity contribution in [1.29, 1.82) is 0 Å². The fraction of sp³-hybridized carbons (Fsp3) is 0.462. The molecule has 2 nitrogen and oxygen atoms in total. The third-order valence-corrected chi connectivity index (χ3v) is 3.46. The van der Waals surface area contributed by atoms with Gasteiger partial charge in [-0.05, 0) is 30.4 Å². The first-order valence-electron chi connectivity index (χ1n) is 5.57. The fourth-order valence-electron chi connectivity index (χ4n) is 1.81. The molecule has 1 rings (SSSR count). The molecule has 17 heavy (non-hydrogen) atoms. The maximum absolute atomic E-state index is 11.2. The van der Waals surface area contributed by atoms with E-state index in [-0.39, 0.29) is 0 Å². The third kappa shape index (κ3) is 4.21. The van der Waals surface area contributed by atoms with Crippen molar-refractivity contribution in [2.24, 2.45) is 11.8 Å². The van der Waals surface area contributed by atoms with Gasteiger partial charge in [-0.3, -0.25) is 4.79 Å². The number of carbonyl (C=O) groups is 1. The number of carboxylic acids is 1. The van der Waals surface area contributed by atoms with Crippen molar-refractivity contribution in [1.82, 2.24) is 0 Å². The van der Waals surface area contributed by atoms with Crippen LogP contribution in [-0.2, 0) is 11.2 Å². The number of hydrogen-bond donors (Lipinski definition) is 1. The van der Waals surface area contributed by atoms with E-state index >= 15 is 0 Å². The van der Waals surface area contributed by atoms with E-state index in [4.69, 9.17) is 28.3 Å². The molecule has 0 spiro atoms. The van der Waals surface area contributed by atoms with Gasteiger partial charge in [-0.15, -0.1) is 0 Å². The lowest BCUT2D eigenvalue weighted by Gasteiger charge is -2.15.